The molecule has 3 heterocycles. The van der Waals surface area contributed by atoms with E-state index in [1.807, 2.05) is 10.6 Å². The molecule has 0 aliphatic carbocycles. The van der Waals surface area contributed by atoms with Crippen molar-refractivity contribution in [3.8, 4) is 11.3 Å². The highest BCUT2D eigenvalue weighted by atomic mass is 16.5. The molecule has 0 radical (unpaired) electrons. The number of ether oxygens (including phenoxy) is 1. The van der Waals surface area contributed by atoms with Crippen molar-refractivity contribution in [2.45, 2.75) is 53.0 Å². The summed E-state index contributed by atoms with van der Waals surface area (Å²) in [4.78, 5) is 39.9. The minimum Gasteiger partial charge on any atom is -0.462 e. The number of carbonyl (C=O) groups excluding carboxylic acids is 2. The molecule has 0 saturated carbocycles. The van der Waals surface area contributed by atoms with Crippen molar-refractivity contribution >= 4 is 17.4 Å². The van der Waals surface area contributed by atoms with Crippen molar-refractivity contribution < 1.29 is 14.3 Å². The molecule has 6 heteroatoms. The normalized spacial score (nSPS) is 17.5. The van der Waals surface area contributed by atoms with E-state index in [2.05, 4.69) is 24.8 Å². The number of nitrogens with zero attached hydrogens (tertiary/aromatic N) is 2. The van der Waals surface area contributed by atoms with Gasteiger partial charge in [-0.1, -0.05) is 13.8 Å². The van der Waals surface area contributed by atoms with Crippen LogP contribution in [0.5, 0.6) is 0 Å². The van der Waals surface area contributed by atoms with Gasteiger partial charge in [-0.15, -0.1) is 0 Å². The highest BCUT2D eigenvalue weighted by Crippen LogP contribution is 2.41. The number of Topliss-reactive ketones (excluding diaryl/α,β-unsaturated/α-hetero) is 1. The lowest BCUT2D eigenvalue weighted by Gasteiger charge is -2.34. The predicted molar refractivity (Wildman–Crippen MR) is 121 cm³/mol. The molecule has 164 valence electrons. The molecular weight excluding hydrogens is 392 g/mol. The molecule has 1 unspecified atom stereocenters. The van der Waals surface area contributed by atoms with Gasteiger partial charge in [0.25, 0.3) is 0 Å². The summed E-state index contributed by atoms with van der Waals surface area (Å²) in [6, 6.07) is 5.72. The van der Waals surface area contributed by atoms with Gasteiger partial charge < -0.3 is 14.2 Å². The second-order valence-corrected chi connectivity index (χ2v) is 8.86. The maximum atomic E-state index is 12.8. The molecule has 2 aliphatic rings. The first-order chi connectivity index (χ1) is 14.8. The average molecular weight is 423 g/mol. The third-order valence-corrected chi connectivity index (χ3v) is 6.45. The van der Waals surface area contributed by atoms with Gasteiger partial charge >= 0.3 is 5.97 Å². The Morgan fingerprint density at radius 3 is 2.45 bits per heavy atom. The second-order valence-electron chi connectivity index (χ2n) is 8.86. The van der Waals surface area contributed by atoms with E-state index in [9.17, 15) is 14.4 Å². The van der Waals surface area contributed by atoms with E-state index < -0.39 is 5.97 Å². The Morgan fingerprint density at radius 1 is 1.13 bits per heavy atom. The number of carbonyl (C=O) groups is 2. The van der Waals surface area contributed by atoms with Gasteiger partial charge in [0.15, 0.2) is 11.2 Å². The highest BCUT2D eigenvalue weighted by molar-refractivity contribution is 6.01. The lowest BCUT2D eigenvalue weighted by atomic mass is 9.85. The third kappa shape index (κ3) is 3.80. The number of hydrogen-bond donors (Lipinski definition) is 0. The van der Waals surface area contributed by atoms with Crippen molar-refractivity contribution in [2.24, 2.45) is 5.92 Å². The molecule has 2 aromatic rings. The monoisotopic (exact) mass is 422 g/mol. The van der Waals surface area contributed by atoms with Crippen molar-refractivity contribution in [1.29, 1.82) is 0 Å². The van der Waals surface area contributed by atoms with Crippen LogP contribution in [-0.4, -0.2) is 36.0 Å². The molecule has 0 amide bonds. The SMILES string of the molecule is CCOC(=O)c1cn2c(cc1=O)-c1cc(C(C)=O)c(N3CCCC3)cc1CC2C(C)C. The van der Waals surface area contributed by atoms with Gasteiger partial charge in [-0.3, -0.25) is 9.59 Å². The van der Waals surface area contributed by atoms with Crippen LogP contribution in [0.25, 0.3) is 11.3 Å². The van der Waals surface area contributed by atoms with Crippen molar-refractivity contribution in [3.63, 3.8) is 0 Å². The molecular formula is C25H30N2O4. The molecule has 31 heavy (non-hydrogen) atoms. The van der Waals surface area contributed by atoms with Crippen LogP contribution in [0.1, 0.15) is 72.9 Å². The molecule has 6 nitrogen and oxygen atoms in total. The Labute approximate surface area is 182 Å². The molecule has 1 fully saturated rings. The molecule has 1 saturated heterocycles. The quantitative estimate of drug-likeness (QED) is 0.532. The van der Waals surface area contributed by atoms with E-state index in [1.165, 1.54) is 6.07 Å². The highest BCUT2D eigenvalue weighted by Gasteiger charge is 2.30. The van der Waals surface area contributed by atoms with Gasteiger partial charge in [-0.2, -0.15) is 0 Å². The smallest absolute Gasteiger partial charge is 0.343 e. The zero-order valence-corrected chi connectivity index (χ0v) is 18.7. The van der Waals surface area contributed by atoms with Gasteiger partial charge in [-0.25, -0.2) is 4.79 Å². The molecule has 0 bridgehead atoms. The van der Waals surface area contributed by atoms with Gasteiger partial charge in [0.1, 0.15) is 5.56 Å². The molecule has 0 spiro atoms. The lowest BCUT2D eigenvalue weighted by molar-refractivity contribution is 0.0523. The van der Waals surface area contributed by atoms with Crippen LogP contribution in [0.4, 0.5) is 5.69 Å². The van der Waals surface area contributed by atoms with E-state index in [0.29, 0.717) is 11.5 Å². The zero-order chi connectivity index (χ0) is 22.3. The second kappa shape index (κ2) is 8.33. The minimum atomic E-state index is -0.593. The van der Waals surface area contributed by atoms with E-state index in [0.717, 1.165) is 54.9 Å². The number of anilines is 1. The number of rotatable bonds is 5. The molecule has 1 aromatic carbocycles. The minimum absolute atomic E-state index is 0.0210. The van der Waals surface area contributed by atoms with Crippen LogP contribution in [0, 0.1) is 5.92 Å². The van der Waals surface area contributed by atoms with Crippen LogP contribution in [0.2, 0.25) is 0 Å². The Hall–Kier alpha value is -2.89. The van der Waals surface area contributed by atoms with Crippen molar-refractivity contribution in [2.75, 3.05) is 24.6 Å². The van der Waals surface area contributed by atoms with Crippen LogP contribution in [-0.2, 0) is 11.2 Å². The molecule has 2 aliphatic heterocycles. The topological polar surface area (TPSA) is 68.6 Å². The lowest BCUT2D eigenvalue weighted by Crippen LogP contribution is -2.29. The third-order valence-electron chi connectivity index (χ3n) is 6.45. The van der Waals surface area contributed by atoms with Crippen molar-refractivity contribution in [1.82, 2.24) is 4.57 Å². The maximum Gasteiger partial charge on any atom is 0.343 e. The Balaban J connectivity index is 1.92. The predicted octanol–water partition coefficient (Wildman–Crippen LogP) is 4.25. The summed E-state index contributed by atoms with van der Waals surface area (Å²) in [5.41, 5.74) is 4.20. The van der Waals surface area contributed by atoms with E-state index in [1.54, 1.807) is 20.0 Å². The summed E-state index contributed by atoms with van der Waals surface area (Å²) in [6.45, 7) is 9.76. The van der Waals surface area contributed by atoms with E-state index in [-0.39, 0.29) is 29.4 Å². The molecule has 1 aromatic heterocycles. The zero-order valence-electron chi connectivity index (χ0n) is 18.7. The van der Waals surface area contributed by atoms with Crippen molar-refractivity contribution in [3.05, 3.63) is 51.3 Å². The number of aromatic nitrogens is 1. The fourth-order valence-electron chi connectivity index (χ4n) is 4.82. The summed E-state index contributed by atoms with van der Waals surface area (Å²) >= 11 is 0. The van der Waals surface area contributed by atoms with E-state index >= 15 is 0 Å². The first-order valence-electron chi connectivity index (χ1n) is 11.2. The molecule has 1 atom stereocenters. The maximum absolute atomic E-state index is 12.8. The molecule has 0 N–H and O–H groups in total. The van der Waals surface area contributed by atoms with Crippen LogP contribution in [0.3, 0.4) is 0 Å². The summed E-state index contributed by atoms with van der Waals surface area (Å²) < 4.78 is 7.11. The first kappa shape index (κ1) is 21.3. The van der Waals surface area contributed by atoms with Crippen LogP contribution >= 0.6 is 0 Å². The number of hydrogen-bond acceptors (Lipinski definition) is 5. The van der Waals surface area contributed by atoms with Crippen LogP contribution < -0.4 is 10.3 Å². The number of benzene rings is 1. The largest absolute Gasteiger partial charge is 0.462 e. The fourth-order valence-corrected chi connectivity index (χ4v) is 4.82. The Bertz CT molecular complexity index is 1090. The van der Waals surface area contributed by atoms with E-state index in [4.69, 9.17) is 4.74 Å². The number of fused-ring (bicyclic) bond motifs is 3. The number of pyridine rings is 1. The summed E-state index contributed by atoms with van der Waals surface area (Å²) in [6.07, 6.45) is 4.70. The number of esters is 1. The summed E-state index contributed by atoms with van der Waals surface area (Å²) in [5, 5.41) is 0. The van der Waals surface area contributed by atoms with Gasteiger partial charge in [0.2, 0.25) is 0 Å². The summed E-state index contributed by atoms with van der Waals surface area (Å²) in [5.74, 6) is -0.273. The average Bonchev–Trinajstić information content (AvgIpc) is 3.26. The number of ketones is 1. The Morgan fingerprint density at radius 2 is 1.84 bits per heavy atom. The van der Waals surface area contributed by atoms with Crippen LogP contribution in [0.15, 0.2) is 29.2 Å². The van der Waals surface area contributed by atoms with Gasteiger partial charge in [0.05, 0.1) is 12.3 Å². The Kier molecular flexibility index (Phi) is 5.73. The van der Waals surface area contributed by atoms with Gasteiger partial charge in [0, 0.05) is 48.2 Å². The summed E-state index contributed by atoms with van der Waals surface area (Å²) in [7, 11) is 0. The first-order valence-corrected chi connectivity index (χ1v) is 11.2. The fraction of sp³-hybridized carbons (Fsp3) is 0.480. The molecule has 4 rings (SSSR count). The standard InChI is InChI=1S/C25H30N2O4/c1-5-31-25(30)20-14-27-21(15(2)3)10-17-11-22(26-8-6-7-9-26)18(16(4)28)12-19(17)23(27)13-24(20)29/h11-15,21H,5-10H2,1-4H3. The van der Waals surface area contributed by atoms with Gasteiger partial charge in [-0.05, 0) is 56.7 Å².